The molecule has 0 bridgehead atoms. The van der Waals surface area contributed by atoms with Crippen molar-refractivity contribution in [3.05, 3.63) is 0 Å². The van der Waals surface area contributed by atoms with Crippen LogP contribution < -0.4 is 5.32 Å². The van der Waals surface area contributed by atoms with Crippen LogP contribution in [-0.4, -0.2) is 86.6 Å². The normalized spacial score (nSPS) is 21.5. The molecule has 2 heterocycles. The number of nitrogens with zero attached hydrogens (tertiary/aromatic N) is 3. The van der Waals surface area contributed by atoms with Crippen LogP contribution in [0.1, 0.15) is 33.1 Å². The van der Waals surface area contributed by atoms with E-state index in [2.05, 4.69) is 20.0 Å². The minimum absolute atomic E-state index is 0.127. The van der Waals surface area contributed by atoms with Crippen molar-refractivity contribution < 1.29 is 4.79 Å². The van der Waals surface area contributed by atoms with Gasteiger partial charge in [0, 0.05) is 46.3 Å². The molecule has 0 aromatic rings. The molecule has 0 radical (unpaired) electrons. The molecule has 2 rings (SSSR count). The van der Waals surface area contributed by atoms with Gasteiger partial charge in [-0.3, -0.25) is 14.6 Å². The molecule has 124 valence electrons. The molecule has 0 aromatic carbocycles. The smallest absolute Gasteiger partial charge is 0.233 e. The third-order valence-electron chi connectivity index (χ3n) is 4.29. The lowest BCUT2D eigenvalue weighted by Crippen LogP contribution is -2.50. The van der Waals surface area contributed by atoms with Crippen molar-refractivity contribution in [3.63, 3.8) is 0 Å². The lowest BCUT2D eigenvalue weighted by Gasteiger charge is -2.36. The van der Waals surface area contributed by atoms with E-state index in [-0.39, 0.29) is 5.91 Å². The topological polar surface area (TPSA) is 38.8 Å². The number of carbonyl (C=O) groups is 1. The number of carbonyl (C=O) groups excluding carboxylic acids is 1. The summed E-state index contributed by atoms with van der Waals surface area (Å²) in [5, 5.41) is 2.69. The number of piperazine rings is 1. The van der Waals surface area contributed by atoms with E-state index in [1.54, 1.807) is 7.05 Å². The standard InChI is InChI=1S/C14H28N4O.C2H6/c1-15-14(19)13-18-11-9-17(10-12-18)8-7-16-5-3-2-4-6-16;1-2/h2-13H2,1H3,(H,15,19);1-2H3. The van der Waals surface area contributed by atoms with Crippen LogP contribution in [0, 0.1) is 0 Å². The summed E-state index contributed by atoms with van der Waals surface area (Å²) >= 11 is 0. The minimum atomic E-state index is 0.127. The van der Waals surface area contributed by atoms with Crippen molar-refractivity contribution in [2.24, 2.45) is 0 Å². The van der Waals surface area contributed by atoms with Crippen LogP contribution in [0.5, 0.6) is 0 Å². The Morgan fingerprint density at radius 2 is 1.29 bits per heavy atom. The van der Waals surface area contributed by atoms with Crippen LogP contribution in [-0.2, 0) is 4.79 Å². The molecule has 1 amide bonds. The summed E-state index contributed by atoms with van der Waals surface area (Å²) in [5.41, 5.74) is 0. The quantitative estimate of drug-likeness (QED) is 0.817. The van der Waals surface area contributed by atoms with Crippen molar-refractivity contribution in [2.45, 2.75) is 33.1 Å². The molecule has 5 nitrogen and oxygen atoms in total. The van der Waals surface area contributed by atoms with E-state index in [9.17, 15) is 4.79 Å². The predicted octanol–water partition coefficient (Wildman–Crippen LogP) is 0.862. The first-order valence-electron chi connectivity index (χ1n) is 8.65. The second-order valence-corrected chi connectivity index (χ2v) is 5.69. The van der Waals surface area contributed by atoms with E-state index in [1.807, 2.05) is 13.8 Å². The van der Waals surface area contributed by atoms with E-state index in [0.717, 1.165) is 26.2 Å². The maximum atomic E-state index is 11.3. The van der Waals surface area contributed by atoms with Crippen LogP contribution in [0.4, 0.5) is 0 Å². The Morgan fingerprint density at radius 1 is 0.810 bits per heavy atom. The molecule has 21 heavy (non-hydrogen) atoms. The van der Waals surface area contributed by atoms with Crippen molar-refractivity contribution in [1.82, 2.24) is 20.0 Å². The average molecular weight is 298 g/mol. The fourth-order valence-electron chi connectivity index (χ4n) is 2.92. The zero-order valence-corrected chi connectivity index (χ0v) is 14.2. The highest BCUT2D eigenvalue weighted by molar-refractivity contribution is 5.77. The third-order valence-corrected chi connectivity index (χ3v) is 4.29. The number of nitrogens with one attached hydrogen (secondary N) is 1. The second-order valence-electron chi connectivity index (χ2n) is 5.69. The van der Waals surface area contributed by atoms with Gasteiger partial charge in [-0.15, -0.1) is 0 Å². The number of piperidine rings is 1. The predicted molar refractivity (Wildman–Crippen MR) is 88.6 cm³/mol. The van der Waals surface area contributed by atoms with Gasteiger partial charge in [-0.1, -0.05) is 20.3 Å². The highest BCUT2D eigenvalue weighted by Gasteiger charge is 2.19. The van der Waals surface area contributed by atoms with Gasteiger partial charge in [0.05, 0.1) is 6.54 Å². The first-order chi connectivity index (χ1) is 10.3. The highest BCUT2D eigenvalue weighted by Crippen LogP contribution is 2.09. The monoisotopic (exact) mass is 298 g/mol. The van der Waals surface area contributed by atoms with Gasteiger partial charge >= 0.3 is 0 Å². The fourth-order valence-corrected chi connectivity index (χ4v) is 2.92. The van der Waals surface area contributed by atoms with Crippen LogP contribution in [0.3, 0.4) is 0 Å². The molecule has 0 spiro atoms. The Balaban J connectivity index is 0.00000106. The van der Waals surface area contributed by atoms with Gasteiger partial charge in [0.15, 0.2) is 0 Å². The summed E-state index contributed by atoms with van der Waals surface area (Å²) < 4.78 is 0. The Labute approximate surface area is 130 Å². The summed E-state index contributed by atoms with van der Waals surface area (Å²) in [6, 6.07) is 0. The number of likely N-dealkylation sites (N-methyl/N-ethyl adjacent to an activating group) is 1. The van der Waals surface area contributed by atoms with Gasteiger partial charge in [-0.25, -0.2) is 0 Å². The molecule has 2 aliphatic heterocycles. The first-order valence-corrected chi connectivity index (χ1v) is 8.65. The van der Waals surface area contributed by atoms with Gasteiger partial charge in [0.2, 0.25) is 5.91 Å². The molecule has 0 atom stereocenters. The Morgan fingerprint density at radius 3 is 1.81 bits per heavy atom. The lowest BCUT2D eigenvalue weighted by molar-refractivity contribution is -0.122. The van der Waals surface area contributed by atoms with Crippen LogP contribution in [0.25, 0.3) is 0 Å². The van der Waals surface area contributed by atoms with Crippen LogP contribution in [0.2, 0.25) is 0 Å². The molecule has 1 N–H and O–H groups in total. The highest BCUT2D eigenvalue weighted by atomic mass is 16.1. The van der Waals surface area contributed by atoms with Gasteiger partial charge in [0.1, 0.15) is 0 Å². The number of likely N-dealkylation sites (tertiary alicyclic amines) is 1. The number of hydrogen-bond donors (Lipinski definition) is 1. The molecule has 0 aliphatic carbocycles. The van der Waals surface area contributed by atoms with Crippen molar-refractivity contribution in [1.29, 1.82) is 0 Å². The SMILES string of the molecule is CC.CNC(=O)CN1CCN(CCN2CCCCC2)CC1. The summed E-state index contributed by atoms with van der Waals surface area (Å²) in [7, 11) is 1.71. The molecule has 0 unspecified atom stereocenters. The minimum Gasteiger partial charge on any atom is -0.358 e. The molecule has 2 aliphatic rings. The van der Waals surface area contributed by atoms with Crippen molar-refractivity contribution in [3.8, 4) is 0 Å². The van der Waals surface area contributed by atoms with E-state index in [4.69, 9.17) is 0 Å². The number of rotatable bonds is 5. The molecule has 2 fully saturated rings. The largest absolute Gasteiger partial charge is 0.358 e. The maximum absolute atomic E-state index is 11.3. The van der Waals surface area contributed by atoms with Crippen LogP contribution in [0.15, 0.2) is 0 Å². The van der Waals surface area contributed by atoms with E-state index >= 15 is 0 Å². The maximum Gasteiger partial charge on any atom is 0.233 e. The second kappa shape index (κ2) is 11.0. The van der Waals surface area contributed by atoms with Gasteiger partial charge in [0.25, 0.3) is 0 Å². The lowest BCUT2D eigenvalue weighted by atomic mass is 10.1. The van der Waals surface area contributed by atoms with E-state index in [1.165, 1.54) is 45.4 Å². The first kappa shape index (κ1) is 18.4. The molecular formula is C16H34N4O. The zero-order chi connectivity index (χ0) is 15.5. The van der Waals surface area contributed by atoms with Gasteiger partial charge in [-0.05, 0) is 25.9 Å². The summed E-state index contributed by atoms with van der Waals surface area (Å²) in [6.45, 7) is 13.8. The molecule has 0 saturated carbocycles. The fraction of sp³-hybridized carbons (Fsp3) is 0.938. The van der Waals surface area contributed by atoms with E-state index < -0.39 is 0 Å². The molecule has 5 heteroatoms. The average Bonchev–Trinajstić information content (AvgIpc) is 2.57. The number of amides is 1. The van der Waals surface area contributed by atoms with Crippen molar-refractivity contribution >= 4 is 5.91 Å². The summed E-state index contributed by atoms with van der Waals surface area (Å²) in [4.78, 5) is 18.7. The number of hydrogen-bond acceptors (Lipinski definition) is 4. The molecular weight excluding hydrogens is 264 g/mol. The molecule has 0 aromatic heterocycles. The Bertz CT molecular complexity index is 271. The van der Waals surface area contributed by atoms with Gasteiger partial charge < -0.3 is 10.2 Å². The summed E-state index contributed by atoms with van der Waals surface area (Å²) in [6.07, 6.45) is 4.16. The zero-order valence-electron chi connectivity index (χ0n) is 14.2. The third kappa shape index (κ3) is 7.25. The van der Waals surface area contributed by atoms with Gasteiger partial charge in [-0.2, -0.15) is 0 Å². The van der Waals surface area contributed by atoms with Crippen LogP contribution >= 0.6 is 0 Å². The Hall–Kier alpha value is -0.650. The summed E-state index contributed by atoms with van der Waals surface area (Å²) in [5.74, 6) is 0.127. The van der Waals surface area contributed by atoms with Crippen molar-refractivity contribution in [2.75, 3.05) is 66.0 Å². The molecule has 2 saturated heterocycles. The Kier molecular flexibility index (Phi) is 9.63. The van der Waals surface area contributed by atoms with E-state index in [0.29, 0.717) is 6.54 Å².